The maximum Gasteiger partial charge on any atom is 0.313 e. The molecule has 0 amide bonds. The Hall–Kier alpha value is -1.32. The highest BCUT2D eigenvalue weighted by Gasteiger charge is 2.07. The fraction of sp³-hybridized carbons (Fsp3) is 0.500. The summed E-state index contributed by atoms with van der Waals surface area (Å²) in [5.74, 6) is 0.389. The summed E-state index contributed by atoms with van der Waals surface area (Å²) in [5, 5.41) is 0. The van der Waals surface area contributed by atoms with E-state index in [-0.39, 0.29) is 12.4 Å². The zero-order chi connectivity index (χ0) is 9.14. The minimum absolute atomic E-state index is 0.213. The number of hydrogen-bond donors (Lipinski definition) is 1. The van der Waals surface area contributed by atoms with E-state index in [2.05, 4.69) is 14.7 Å². The van der Waals surface area contributed by atoms with E-state index in [1.54, 1.807) is 0 Å². The van der Waals surface area contributed by atoms with Crippen LogP contribution in [0, 0.1) is 13.8 Å². The van der Waals surface area contributed by atoms with Crippen LogP contribution in [-0.4, -0.2) is 23.0 Å². The zero-order valence-corrected chi connectivity index (χ0v) is 7.47. The molecule has 0 radical (unpaired) electrons. The first kappa shape index (κ1) is 8.77. The molecule has 0 fully saturated rings. The maximum absolute atomic E-state index is 10.8. The first-order chi connectivity index (χ1) is 5.63. The molecule has 0 saturated heterocycles. The Balaban J connectivity index is 2.70. The lowest BCUT2D eigenvalue weighted by Crippen LogP contribution is -2.05. The van der Waals surface area contributed by atoms with Gasteiger partial charge in [0, 0.05) is 5.69 Å². The second kappa shape index (κ2) is 3.38. The van der Waals surface area contributed by atoms with Gasteiger partial charge in [-0.25, -0.2) is 4.98 Å². The standard InChI is InChI=1S/C8H12N2O2/c1-5-6(2)10-7(9-5)4-8(11)12-3/h4H2,1-3H3,(H,9,10). The van der Waals surface area contributed by atoms with Crippen LogP contribution >= 0.6 is 0 Å². The Bertz CT molecular complexity index is 272. The lowest BCUT2D eigenvalue weighted by Gasteiger charge is -1.93. The zero-order valence-electron chi connectivity index (χ0n) is 7.47. The third-order valence-electron chi connectivity index (χ3n) is 1.72. The van der Waals surface area contributed by atoms with Gasteiger partial charge in [-0.15, -0.1) is 0 Å². The average molecular weight is 168 g/mol. The fourth-order valence-electron chi connectivity index (χ4n) is 0.914. The van der Waals surface area contributed by atoms with Crippen LogP contribution in [-0.2, 0) is 16.0 Å². The van der Waals surface area contributed by atoms with E-state index in [1.165, 1.54) is 7.11 Å². The molecule has 1 N–H and O–H groups in total. The highest BCUT2D eigenvalue weighted by molar-refractivity contribution is 5.71. The van der Waals surface area contributed by atoms with Gasteiger partial charge in [0.05, 0.1) is 12.8 Å². The molecule has 1 heterocycles. The largest absolute Gasteiger partial charge is 0.469 e. The van der Waals surface area contributed by atoms with Crippen molar-refractivity contribution in [1.29, 1.82) is 0 Å². The van der Waals surface area contributed by atoms with Crippen LogP contribution in [0.1, 0.15) is 17.2 Å². The van der Waals surface area contributed by atoms with Crippen molar-refractivity contribution in [3.63, 3.8) is 0 Å². The molecule has 1 aromatic rings. The predicted octanol–water partition coefficient (Wildman–Crippen LogP) is 0.742. The Labute approximate surface area is 71.0 Å². The molecule has 1 rings (SSSR count). The van der Waals surface area contributed by atoms with Crippen LogP contribution in [0.3, 0.4) is 0 Å². The van der Waals surface area contributed by atoms with Crippen LogP contribution < -0.4 is 0 Å². The monoisotopic (exact) mass is 168 g/mol. The van der Waals surface area contributed by atoms with Crippen molar-refractivity contribution in [2.45, 2.75) is 20.3 Å². The minimum Gasteiger partial charge on any atom is -0.469 e. The summed E-state index contributed by atoms with van der Waals surface area (Å²) in [5.41, 5.74) is 1.92. The molecule has 0 aliphatic rings. The van der Waals surface area contributed by atoms with E-state index in [1.807, 2.05) is 13.8 Å². The summed E-state index contributed by atoms with van der Waals surface area (Å²) >= 11 is 0. The molecule has 0 bridgehead atoms. The number of carbonyl (C=O) groups is 1. The number of carbonyl (C=O) groups excluding carboxylic acids is 1. The highest BCUT2D eigenvalue weighted by atomic mass is 16.5. The number of aromatic amines is 1. The highest BCUT2D eigenvalue weighted by Crippen LogP contribution is 2.03. The van der Waals surface area contributed by atoms with Gasteiger partial charge in [0.25, 0.3) is 0 Å². The molecule has 0 unspecified atom stereocenters. The van der Waals surface area contributed by atoms with Crippen molar-refractivity contribution in [2.75, 3.05) is 7.11 Å². The third-order valence-corrected chi connectivity index (χ3v) is 1.72. The topological polar surface area (TPSA) is 55.0 Å². The molecule has 4 nitrogen and oxygen atoms in total. The summed E-state index contributed by atoms with van der Waals surface area (Å²) in [6.07, 6.45) is 0.213. The van der Waals surface area contributed by atoms with Gasteiger partial charge in [-0.1, -0.05) is 0 Å². The first-order valence-corrected chi connectivity index (χ1v) is 3.72. The second-order valence-corrected chi connectivity index (χ2v) is 2.65. The number of nitrogens with one attached hydrogen (secondary N) is 1. The van der Waals surface area contributed by atoms with E-state index >= 15 is 0 Å². The normalized spacial score (nSPS) is 9.92. The van der Waals surface area contributed by atoms with Gasteiger partial charge in [0.2, 0.25) is 0 Å². The van der Waals surface area contributed by atoms with Crippen LogP contribution in [0.15, 0.2) is 0 Å². The second-order valence-electron chi connectivity index (χ2n) is 2.65. The Morgan fingerprint density at radius 1 is 1.58 bits per heavy atom. The average Bonchev–Trinajstić information content (AvgIpc) is 2.31. The summed E-state index contributed by atoms with van der Waals surface area (Å²) in [6.45, 7) is 3.82. The van der Waals surface area contributed by atoms with Crippen molar-refractivity contribution in [3.8, 4) is 0 Å². The van der Waals surface area contributed by atoms with Crippen LogP contribution in [0.2, 0.25) is 0 Å². The van der Waals surface area contributed by atoms with Crippen LogP contribution in [0.4, 0.5) is 0 Å². The summed E-state index contributed by atoms with van der Waals surface area (Å²) < 4.78 is 4.50. The number of methoxy groups -OCH3 is 1. The fourth-order valence-corrected chi connectivity index (χ4v) is 0.914. The van der Waals surface area contributed by atoms with Gasteiger partial charge in [0.15, 0.2) is 0 Å². The van der Waals surface area contributed by atoms with Gasteiger partial charge in [-0.2, -0.15) is 0 Å². The molecule has 4 heteroatoms. The summed E-state index contributed by atoms with van der Waals surface area (Å²) in [7, 11) is 1.37. The molecular formula is C8H12N2O2. The maximum atomic E-state index is 10.8. The van der Waals surface area contributed by atoms with E-state index < -0.39 is 0 Å². The molecule has 0 spiro atoms. The molecule has 0 aliphatic heterocycles. The smallest absolute Gasteiger partial charge is 0.313 e. The number of ether oxygens (including phenoxy) is 1. The molecule has 1 aromatic heterocycles. The number of nitrogens with zero attached hydrogens (tertiary/aromatic N) is 1. The summed E-state index contributed by atoms with van der Waals surface area (Å²) in [4.78, 5) is 18.0. The Kier molecular flexibility index (Phi) is 2.47. The van der Waals surface area contributed by atoms with Crippen LogP contribution in [0.25, 0.3) is 0 Å². The molecule has 66 valence electrons. The van der Waals surface area contributed by atoms with Crippen molar-refractivity contribution in [1.82, 2.24) is 9.97 Å². The lowest BCUT2D eigenvalue weighted by atomic mass is 10.4. The lowest BCUT2D eigenvalue weighted by molar-refractivity contribution is -0.139. The van der Waals surface area contributed by atoms with Crippen molar-refractivity contribution >= 4 is 5.97 Å². The predicted molar refractivity (Wildman–Crippen MR) is 43.8 cm³/mol. The minimum atomic E-state index is -0.274. The molecular weight excluding hydrogens is 156 g/mol. The number of hydrogen-bond acceptors (Lipinski definition) is 3. The number of aryl methyl sites for hydroxylation is 2. The number of esters is 1. The number of H-pyrrole nitrogens is 1. The van der Waals surface area contributed by atoms with Gasteiger partial charge in [-0.3, -0.25) is 4.79 Å². The molecule has 0 aliphatic carbocycles. The quantitative estimate of drug-likeness (QED) is 0.663. The number of imidazole rings is 1. The van der Waals surface area contributed by atoms with Gasteiger partial charge < -0.3 is 9.72 Å². The van der Waals surface area contributed by atoms with Gasteiger partial charge in [0.1, 0.15) is 12.2 Å². The summed E-state index contributed by atoms with van der Waals surface area (Å²) in [6, 6.07) is 0. The number of aromatic nitrogens is 2. The number of rotatable bonds is 2. The third kappa shape index (κ3) is 1.84. The van der Waals surface area contributed by atoms with E-state index in [4.69, 9.17) is 0 Å². The van der Waals surface area contributed by atoms with Crippen molar-refractivity contribution in [2.24, 2.45) is 0 Å². The van der Waals surface area contributed by atoms with Crippen molar-refractivity contribution < 1.29 is 9.53 Å². The molecule has 0 saturated carbocycles. The molecule has 0 aromatic carbocycles. The molecule has 12 heavy (non-hydrogen) atoms. The van der Waals surface area contributed by atoms with Crippen LogP contribution in [0.5, 0.6) is 0 Å². The molecule has 0 atom stereocenters. The van der Waals surface area contributed by atoms with E-state index in [9.17, 15) is 4.79 Å². The SMILES string of the molecule is COC(=O)Cc1nc(C)c(C)[nH]1. The van der Waals surface area contributed by atoms with Gasteiger partial charge >= 0.3 is 5.97 Å². The first-order valence-electron chi connectivity index (χ1n) is 3.72. The Morgan fingerprint density at radius 3 is 2.67 bits per heavy atom. The van der Waals surface area contributed by atoms with E-state index in [0.29, 0.717) is 5.82 Å². The van der Waals surface area contributed by atoms with Gasteiger partial charge in [-0.05, 0) is 13.8 Å². The Morgan fingerprint density at radius 2 is 2.25 bits per heavy atom. The van der Waals surface area contributed by atoms with E-state index in [0.717, 1.165) is 11.4 Å². The van der Waals surface area contributed by atoms with Crippen molar-refractivity contribution in [3.05, 3.63) is 17.2 Å².